The van der Waals surface area contributed by atoms with Crippen molar-refractivity contribution in [2.75, 3.05) is 13.2 Å². The zero-order valence-corrected chi connectivity index (χ0v) is 14.1. The maximum Gasteiger partial charge on any atom is 0.257 e. The molecule has 1 heterocycles. The van der Waals surface area contributed by atoms with Crippen LogP contribution >= 0.6 is 0 Å². The summed E-state index contributed by atoms with van der Waals surface area (Å²) in [7, 11) is 0. The molecule has 0 radical (unpaired) electrons. The Morgan fingerprint density at radius 3 is 2.44 bits per heavy atom. The maximum absolute atomic E-state index is 14.6. The summed E-state index contributed by atoms with van der Waals surface area (Å²) in [5.74, 6) is -1.26. The molecule has 0 spiro atoms. The van der Waals surface area contributed by atoms with Crippen molar-refractivity contribution in [2.24, 2.45) is 5.92 Å². The Bertz CT molecular complexity index is 761. The van der Waals surface area contributed by atoms with E-state index in [1.807, 2.05) is 6.92 Å². The number of aliphatic hydroxyl groups is 1. The average Bonchev–Trinajstić information content (AvgIpc) is 2.62. The highest BCUT2D eigenvalue weighted by atomic mass is 19.1. The van der Waals surface area contributed by atoms with Crippen LogP contribution in [0.1, 0.15) is 30.1 Å². The number of benzene rings is 2. The number of halogens is 2. The predicted molar refractivity (Wildman–Crippen MR) is 92.1 cm³/mol. The molecule has 2 atom stereocenters. The van der Waals surface area contributed by atoms with Crippen LogP contribution in [0.25, 0.3) is 11.1 Å². The normalized spacial score (nSPS) is 20.6. The first kappa shape index (κ1) is 17.5. The first-order valence-corrected chi connectivity index (χ1v) is 8.47. The predicted octanol–water partition coefficient (Wildman–Crippen LogP) is 3.86. The van der Waals surface area contributed by atoms with E-state index in [4.69, 9.17) is 0 Å². The molecule has 2 aromatic rings. The van der Waals surface area contributed by atoms with Gasteiger partial charge in [0, 0.05) is 19.2 Å². The minimum atomic E-state index is -0.592. The molecule has 2 unspecified atom stereocenters. The Kier molecular flexibility index (Phi) is 5.13. The number of likely N-dealkylation sites (tertiary alicyclic amines) is 1. The van der Waals surface area contributed by atoms with Gasteiger partial charge in [0.15, 0.2) is 0 Å². The van der Waals surface area contributed by atoms with E-state index in [2.05, 4.69) is 0 Å². The molecule has 0 aromatic heterocycles. The summed E-state index contributed by atoms with van der Waals surface area (Å²) >= 11 is 0. The summed E-state index contributed by atoms with van der Waals surface area (Å²) in [5.41, 5.74) is 1.30. The molecule has 1 fully saturated rings. The molecular formula is C20H21F2NO2. The van der Waals surface area contributed by atoms with Crippen LogP contribution in [0.2, 0.25) is 0 Å². The summed E-state index contributed by atoms with van der Waals surface area (Å²) in [5, 5.41) is 9.35. The molecule has 0 aliphatic carbocycles. The van der Waals surface area contributed by atoms with E-state index in [1.54, 1.807) is 23.1 Å². The van der Waals surface area contributed by atoms with Gasteiger partial charge in [0.2, 0.25) is 0 Å². The van der Waals surface area contributed by atoms with Crippen molar-refractivity contribution in [3.8, 4) is 11.1 Å². The standard InChI is InChI=1S/C20H21F2NO2/c1-13-2-3-14(12-24)11-23(13)20(25)18-9-6-16(10-19(18)22)15-4-7-17(21)8-5-15/h4-10,13-14,24H,2-3,11-12H2,1H3. The lowest BCUT2D eigenvalue weighted by molar-refractivity contribution is 0.0484. The maximum atomic E-state index is 14.6. The molecule has 5 heteroatoms. The second-order valence-corrected chi connectivity index (χ2v) is 6.63. The van der Waals surface area contributed by atoms with Gasteiger partial charge in [-0.3, -0.25) is 4.79 Å². The van der Waals surface area contributed by atoms with E-state index >= 15 is 0 Å². The van der Waals surface area contributed by atoms with E-state index < -0.39 is 5.82 Å². The third-order valence-electron chi connectivity index (χ3n) is 4.88. The van der Waals surface area contributed by atoms with Gasteiger partial charge in [-0.2, -0.15) is 0 Å². The second kappa shape index (κ2) is 7.31. The van der Waals surface area contributed by atoms with Gasteiger partial charge >= 0.3 is 0 Å². The Labute approximate surface area is 145 Å². The number of carbonyl (C=O) groups is 1. The number of nitrogens with zero attached hydrogens (tertiary/aromatic N) is 1. The molecule has 0 saturated carbocycles. The number of amides is 1. The summed E-state index contributed by atoms with van der Waals surface area (Å²) < 4.78 is 27.6. The molecule has 25 heavy (non-hydrogen) atoms. The number of piperidine rings is 1. The highest BCUT2D eigenvalue weighted by Gasteiger charge is 2.30. The number of carbonyl (C=O) groups excluding carboxylic acids is 1. The molecule has 1 saturated heterocycles. The van der Waals surface area contributed by atoms with Crippen LogP contribution in [0.4, 0.5) is 8.78 Å². The van der Waals surface area contributed by atoms with Crippen LogP contribution in [-0.2, 0) is 0 Å². The summed E-state index contributed by atoms with van der Waals surface area (Å²) in [6.45, 7) is 2.41. The molecule has 1 amide bonds. The van der Waals surface area contributed by atoms with E-state index in [9.17, 15) is 18.7 Å². The Hall–Kier alpha value is -2.27. The van der Waals surface area contributed by atoms with Crippen molar-refractivity contribution in [3.63, 3.8) is 0 Å². The first-order valence-electron chi connectivity index (χ1n) is 8.47. The fourth-order valence-electron chi connectivity index (χ4n) is 3.28. The van der Waals surface area contributed by atoms with E-state index in [-0.39, 0.29) is 35.9 Å². The summed E-state index contributed by atoms with van der Waals surface area (Å²) in [6, 6.07) is 10.2. The Morgan fingerprint density at radius 2 is 1.80 bits per heavy atom. The van der Waals surface area contributed by atoms with Crippen molar-refractivity contribution in [1.82, 2.24) is 4.90 Å². The molecular weight excluding hydrogens is 324 g/mol. The van der Waals surface area contributed by atoms with E-state index in [1.165, 1.54) is 24.3 Å². The third kappa shape index (κ3) is 3.71. The van der Waals surface area contributed by atoms with Crippen LogP contribution in [0, 0.1) is 17.6 Å². The molecule has 1 N–H and O–H groups in total. The molecule has 132 valence electrons. The number of hydrogen-bond donors (Lipinski definition) is 1. The summed E-state index contributed by atoms with van der Waals surface area (Å²) in [6.07, 6.45) is 1.67. The van der Waals surface area contributed by atoms with E-state index in [0.29, 0.717) is 17.7 Å². The Balaban J connectivity index is 1.85. The molecule has 0 bridgehead atoms. The van der Waals surface area contributed by atoms with Gasteiger partial charge in [-0.1, -0.05) is 18.2 Å². The lowest BCUT2D eigenvalue weighted by atomic mass is 9.93. The average molecular weight is 345 g/mol. The van der Waals surface area contributed by atoms with Crippen LogP contribution < -0.4 is 0 Å². The van der Waals surface area contributed by atoms with Crippen molar-refractivity contribution in [1.29, 1.82) is 0 Å². The van der Waals surface area contributed by atoms with E-state index in [0.717, 1.165) is 12.8 Å². The molecule has 1 aliphatic rings. The minimum Gasteiger partial charge on any atom is -0.396 e. The Morgan fingerprint density at radius 1 is 1.12 bits per heavy atom. The van der Waals surface area contributed by atoms with Crippen LogP contribution in [0.3, 0.4) is 0 Å². The highest BCUT2D eigenvalue weighted by Crippen LogP contribution is 2.26. The van der Waals surface area contributed by atoms with Gasteiger partial charge in [0.05, 0.1) is 5.56 Å². The van der Waals surface area contributed by atoms with Gasteiger partial charge in [0.1, 0.15) is 11.6 Å². The van der Waals surface area contributed by atoms with Crippen molar-refractivity contribution in [3.05, 3.63) is 59.7 Å². The first-order chi connectivity index (χ1) is 12.0. The SMILES string of the molecule is CC1CCC(CO)CN1C(=O)c1ccc(-c2ccc(F)cc2)cc1F. The monoisotopic (exact) mass is 345 g/mol. The lowest BCUT2D eigenvalue weighted by Gasteiger charge is -2.37. The molecule has 2 aromatic carbocycles. The van der Waals surface area contributed by atoms with Crippen LogP contribution in [0.5, 0.6) is 0 Å². The molecule has 1 aliphatic heterocycles. The molecule has 3 rings (SSSR count). The number of rotatable bonds is 3. The zero-order chi connectivity index (χ0) is 18.0. The van der Waals surface area contributed by atoms with Gasteiger partial charge in [-0.05, 0) is 61.1 Å². The fraction of sp³-hybridized carbons (Fsp3) is 0.350. The topological polar surface area (TPSA) is 40.5 Å². The summed E-state index contributed by atoms with van der Waals surface area (Å²) in [4.78, 5) is 14.4. The smallest absolute Gasteiger partial charge is 0.257 e. The second-order valence-electron chi connectivity index (χ2n) is 6.63. The number of hydrogen-bond acceptors (Lipinski definition) is 2. The quantitative estimate of drug-likeness (QED) is 0.917. The zero-order valence-electron chi connectivity index (χ0n) is 14.1. The van der Waals surface area contributed by atoms with Gasteiger partial charge in [-0.25, -0.2) is 8.78 Å². The van der Waals surface area contributed by atoms with Crippen molar-refractivity contribution < 1.29 is 18.7 Å². The van der Waals surface area contributed by atoms with Gasteiger partial charge in [-0.15, -0.1) is 0 Å². The largest absolute Gasteiger partial charge is 0.396 e. The number of aliphatic hydroxyl groups excluding tert-OH is 1. The fourth-order valence-corrected chi connectivity index (χ4v) is 3.28. The lowest BCUT2D eigenvalue weighted by Crippen LogP contribution is -2.46. The molecule has 3 nitrogen and oxygen atoms in total. The van der Waals surface area contributed by atoms with Gasteiger partial charge < -0.3 is 10.0 Å². The third-order valence-corrected chi connectivity index (χ3v) is 4.88. The van der Waals surface area contributed by atoms with Crippen molar-refractivity contribution in [2.45, 2.75) is 25.8 Å². The highest BCUT2D eigenvalue weighted by molar-refractivity contribution is 5.95. The van der Waals surface area contributed by atoms with Crippen LogP contribution in [-0.4, -0.2) is 35.1 Å². The minimum absolute atomic E-state index is 0.0199. The van der Waals surface area contributed by atoms with Gasteiger partial charge in [0.25, 0.3) is 5.91 Å². The van der Waals surface area contributed by atoms with Crippen molar-refractivity contribution >= 4 is 5.91 Å². The van der Waals surface area contributed by atoms with Crippen LogP contribution in [0.15, 0.2) is 42.5 Å².